The average molecular weight is 327 g/mol. The number of aromatic hydroxyl groups is 1. The molecular formula is C20H25NO3. The minimum Gasteiger partial charge on any atom is -0.508 e. The summed E-state index contributed by atoms with van der Waals surface area (Å²) in [6.07, 6.45) is 3.66. The number of rotatable bonds is 5. The summed E-state index contributed by atoms with van der Waals surface area (Å²) >= 11 is 0. The maximum absolute atomic E-state index is 10.5. The van der Waals surface area contributed by atoms with Crippen LogP contribution in [0, 0.1) is 0 Å². The number of piperidine rings is 1. The molecule has 1 saturated heterocycles. The van der Waals surface area contributed by atoms with Gasteiger partial charge in [0.15, 0.2) is 0 Å². The molecule has 4 nitrogen and oxygen atoms in total. The summed E-state index contributed by atoms with van der Waals surface area (Å²) in [5.41, 5.74) is 2.04. The molecule has 0 radical (unpaired) electrons. The topological polar surface area (TPSA) is 41.9 Å². The molecule has 1 N–H and O–H groups in total. The van der Waals surface area contributed by atoms with E-state index in [4.69, 9.17) is 9.47 Å². The predicted octanol–water partition coefficient (Wildman–Crippen LogP) is 3.98. The highest BCUT2D eigenvalue weighted by molar-refractivity contribution is 5.46. The molecule has 0 aromatic heterocycles. The number of benzene rings is 2. The molecule has 3 rings (SSSR count). The minimum atomic E-state index is 0.0197. The first-order valence-electron chi connectivity index (χ1n) is 8.48. The molecule has 1 atom stereocenters. The molecule has 1 heterocycles. The highest BCUT2D eigenvalue weighted by atomic mass is 16.5. The van der Waals surface area contributed by atoms with Crippen LogP contribution in [0.5, 0.6) is 17.2 Å². The van der Waals surface area contributed by atoms with Gasteiger partial charge in [-0.3, -0.25) is 4.90 Å². The van der Waals surface area contributed by atoms with Crippen LogP contribution in [-0.2, 0) is 0 Å². The summed E-state index contributed by atoms with van der Waals surface area (Å²) in [6, 6.07) is 13.6. The van der Waals surface area contributed by atoms with Crippen LogP contribution in [0.4, 0.5) is 0 Å². The van der Waals surface area contributed by atoms with Crippen molar-refractivity contribution in [3.05, 3.63) is 53.6 Å². The molecule has 4 heteroatoms. The van der Waals surface area contributed by atoms with Crippen LogP contribution < -0.4 is 9.47 Å². The second-order valence-electron chi connectivity index (χ2n) is 6.20. The molecule has 1 aliphatic rings. The minimum absolute atomic E-state index is 0.0197. The zero-order valence-electron chi connectivity index (χ0n) is 14.4. The number of hydrogen-bond acceptors (Lipinski definition) is 4. The molecule has 0 spiro atoms. The molecule has 128 valence electrons. The van der Waals surface area contributed by atoms with Gasteiger partial charge in [0.05, 0.1) is 20.3 Å². The number of hydrogen-bond donors (Lipinski definition) is 1. The molecule has 0 aliphatic carbocycles. The zero-order valence-corrected chi connectivity index (χ0v) is 14.4. The van der Waals surface area contributed by atoms with E-state index in [0.717, 1.165) is 35.7 Å². The lowest BCUT2D eigenvalue weighted by molar-refractivity contribution is 0.184. The lowest BCUT2D eigenvalue weighted by Crippen LogP contribution is -2.34. The molecular weight excluding hydrogens is 302 g/mol. The highest BCUT2D eigenvalue weighted by Gasteiger charge is 2.26. The molecule has 0 unspecified atom stereocenters. The van der Waals surface area contributed by atoms with E-state index in [2.05, 4.69) is 17.0 Å². The van der Waals surface area contributed by atoms with Crippen molar-refractivity contribution in [2.24, 2.45) is 0 Å². The highest BCUT2D eigenvalue weighted by Crippen LogP contribution is 2.38. The zero-order chi connectivity index (χ0) is 16.9. The third-order valence-electron chi connectivity index (χ3n) is 4.72. The van der Waals surface area contributed by atoms with E-state index in [1.165, 1.54) is 19.3 Å². The molecule has 1 aliphatic heterocycles. The van der Waals surface area contributed by atoms with Crippen molar-refractivity contribution >= 4 is 0 Å². The Morgan fingerprint density at radius 2 is 1.50 bits per heavy atom. The Balaban J connectivity index is 2.03. The van der Waals surface area contributed by atoms with Gasteiger partial charge in [0.25, 0.3) is 0 Å². The number of likely N-dealkylation sites (tertiary alicyclic amines) is 1. The van der Waals surface area contributed by atoms with Crippen molar-refractivity contribution < 1.29 is 14.6 Å². The Labute approximate surface area is 143 Å². The van der Waals surface area contributed by atoms with Crippen molar-refractivity contribution in [2.75, 3.05) is 27.3 Å². The number of phenols is 1. The summed E-state index contributed by atoms with van der Waals surface area (Å²) in [4.78, 5) is 2.44. The Kier molecular flexibility index (Phi) is 5.26. The van der Waals surface area contributed by atoms with E-state index in [-0.39, 0.29) is 6.04 Å². The summed E-state index contributed by atoms with van der Waals surface area (Å²) < 4.78 is 10.6. The van der Waals surface area contributed by atoms with Crippen molar-refractivity contribution in [1.29, 1.82) is 0 Å². The summed E-state index contributed by atoms with van der Waals surface area (Å²) in [5.74, 6) is 1.91. The summed E-state index contributed by atoms with van der Waals surface area (Å²) in [5, 5.41) is 10.5. The second kappa shape index (κ2) is 7.58. The van der Waals surface area contributed by atoms with Gasteiger partial charge in [-0.25, -0.2) is 0 Å². The van der Waals surface area contributed by atoms with E-state index < -0.39 is 0 Å². The standard InChI is InChI=1S/C20H25NO3/c1-23-16-8-6-15(7-9-16)20(21-12-4-3-5-13-21)18-14-17(24-2)10-11-19(18)22/h6-11,14,20,22H,3-5,12-13H2,1-2H3/t20-/m1/s1. The van der Waals surface area contributed by atoms with Gasteiger partial charge in [0.2, 0.25) is 0 Å². The van der Waals surface area contributed by atoms with Gasteiger partial charge < -0.3 is 14.6 Å². The van der Waals surface area contributed by atoms with Gasteiger partial charge in [-0.2, -0.15) is 0 Å². The SMILES string of the molecule is COc1ccc([C@H](c2cc(OC)ccc2O)N2CCCCC2)cc1. The largest absolute Gasteiger partial charge is 0.508 e. The maximum atomic E-state index is 10.5. The Morgan fingerprint density at radius 1 is 0.875 bits per heavy atom. The van der Waals surface area contributed by atoms with E-state index in [9.17, 15) is 5.11 Å². The number of ether oxygens (including phenoxy) is 2. The van der Waals surface area contributed by atoms with Gasteiger partial charge >= 0.3 is 0 Å². The van der Waals surface area contributed by atoms with Crippen LogP contribution in [0.2, 0.25) is 0 Å². The number of methoxy groups -OCH3 is 2. The second-order valence-corrected chi connectivity index (χ2v) is 6.20. The molecule has 24 heavy (non-hydrogen) atoms. The van der Waals surface area contributed by atoms with Crippen LogP contribution in [0.1, 0.15) is 36.4 Å². The first-order chi connectivity index (χ1) is 11.7. The Bertz CT molecular complexity index is 663. The lowest BCUT2D eigenvalue weighted by atomic mass is 9.94. The van der Waals surface area contributed by atoms with Crippen molar-refractivity contribution in [2.45, 2.75) is 25.3 Å². The first kappa shape index (κ1) is 16.7. The van der Waals surface area contributed by atoms with E-state index in [1.54, 1.807) is 26.4 Å². The van der Waals surface area contributed by atoms with Gasteiger partial charge in [-0.1, -0.05) is 18.6 Å². The fraction of sp³-hybridized carbons (Fsp3) is 0.400. The Hall–Kier alpha value is -2.20. The van der Waals surface area contributed by atoms with Gasteiger partial charge in [-0.05, 0) is 61.8 Å². The van der Waals surface area contributed by atoms with Gasteiger partial charge in [-0.15, -0.1) is 0 Å². The maximum Gasteiger partial charge on any atom is 0.120 e. The number of nitrogens with zero attached hydrogens (tertiary/aromatic N) is 1. The molecule has 0 saturated carbocycles. The molecule has 0 amide bonds. The van der Waals surface area contributed by atoms with Crippen LogP contribution in [-0.4, -0.2) is 37.3 Å². The number of phenolic OH excluding ortho intramolecular Hbond substituents is 1. The fourth-order valence-electron chi connectivity index (χ4n) is 3.43. The summed E-state index contributed by atoms with van der Waals surface area (Å²) in [7, 11) is 3.32. The van der Waals surface area contributed by atoms with Gasteiger partial charge in [0, 0.05) is 5.56 Å². The van der Waals surface area contributed by atoms with Gasteiger partial charge in [0.1, 0.15) is 17.2 Å². The van der Waals surface area contributed by atoms with E-state index in [1.807, 2.05) is 18.2 Å². The average Bonchev–Trinajstić information content (AvgIpc) is 2.65. The molecule has 2 aromatic carbocycles. The van der Waals surface area contributed by atoms with Crippen LogP contribution in [0.25, 0.3) is 0 Å². The Morgan fingerprint density at radius 3 is 2.12 bits per heavy atom. The van der Waals surface area contributed by atoms with Crippen LogP contribution in [0.15, 0.2) is 42.5 Å². The predicted molar refractivity (Wildman–Crippen MR) is 94.9 cm³/mol. The third kappa shape index (κ3) is 3.49. The van der Waals surface area contributed by atoms with Crippen LogP contribution in [0.3, 0.4) is 0 Å². The van der Waals surface area contributed by atoms with E-state index >= 15 is 0 Å². The first-order valence-corrected chi connectivity index (χ1v) is 8.48. The van der Waals surface area contributed by atoms with Crippen LogP contribution >= 0.6 is 0 Å². The smallest absolute Gasteiger partial charge is 0.120 e. The quantitative estimate of drug-likeness (QED) is 0.902. The molecule has 2 aromatic rings. The monoisotopic (exact) mass is 327 g/mol. The van der Waals surface area contributed by atoms with Crippen molar-refractivity contribution in [3.8, 4) is 17.2 Å². The lowest BCUT2D eigenvalue weighted by Gasteiger charge is -2.35. The normalized spacial score (nSPS) is 16.6. The fourth-order valence-corrected chi connectivity index (χ4v) is 3.43. The van der Waals surface area contributed by atoms with Crippen molar-refractivity contribution in [3.63, 3.8) is 0 Å². The molecule has 1 fully saturated rings. The van der Waals surface area contributed by atoms with Crippen molar-refractivity contribution in [1.82, 2.24) is 4.90 Å². The molecule has 0 bridgehead atoms. The van der Waals surface area contributed by atoms with E-state index in [0.29, 0.717) is 5.75 Å². The third-order valence-corrected chi connectivity index (χ3v) is 4.72. The summed E-state index contributed by atoms with van der Waals surface area (Å²) in [6.45, 7) is 2.07.